The van der Waals surface area contributed by atoms with Gasteiger partial charge in [-0.15, -0.1) is 6.42 Å². The maximum atomic E-state index is 5.32. The van der Waals surface area contributed by atoms with E-state index in [2.05, 4.69) is 42.3 Å². The topological polar surface area (TPSA) is 9.23 Å². The Labute approximate surface area is 102 Å². The van der Waals surface area contributed by atoms with Crippen LogP contribution in [0.4, 0.5) is 0 Å². The minimum Gasteiger partial charge on any atom is -0.481 e. The predicted octanol–water partition coefficient (Wildman–Crippen LogP) is 3.29. The van der Waals surface area contributed by atoms with Gasteiger partial charge in [-0.3, -0.25) is 0 Å². The monoisotopic (exact) mass is 222 g/mol. The lowest BCUT2D eigenvalue weighted by Gasteiger charge is -2.04. The lowest BCUT2D eigenvalue weighted by molar-refractivity contribution is 0.370. The first-order chi connectivity index (χ1) is 8.38. The number of benzene rings is 2. The van der Waals surface area contributed by atoms with Crippen molar-refractivity contribution >= 4 is 0 Å². The first-order valence-electron chi connectivity index (χ1n) is 5.57. The molecule has 0 saturated carbocycles. The third kappa shape index (κ3) is 3.39. The third-order valence-corrected chi connectivity index (χ3v) is 2.50. The first kappa shape index (κ1) is 11.3. The maximum absolute atomic E-state index is 5.32. The SMILES string of the molecule is C#CCOc1ccc(Cc2ccccc2)cc1. The van der Waals surface area contributed by atoms with Gasteiger partial charge in [-0.25, -0.2) is 0 Å². The summed E-state index contributed by atoms with van der Waals surface area (Å²) in [4.78, 5) is 0. The van der Waals surface area contributed by atoms with E-state index in [-0.39, 0.29) is 0 Å². The molecule has 0 atom stereocenters. The van der Waals surface area contributed by atoms with Gasteiger partial charge in [0.2, 0.25) is 0 Å². The largest absolute Gasteiger partial charge is 0.481 e. The maximum Gasteiger partial charge on any atom is 0.148 e. The quantitative estimate of drug-likeness (QED) is 0.721. The highest BCUT2D eigenvalue weighted by Gasteiger charge is 1.96. The van der Waals surface area contributed by atoms with Crippen LogP contribution in [0, 0.1) is 12.3 Å². The smallest absolute Gasteiger partial charge is 0.148 e. The van der Waals surface area contributed by atoms with Gasteiger partial charge in [0, 0.05) is 0 Å². The van der Waals surface area contributed by atoms with E-state index in [1.54, 1.807) is 0 Å². The molecule has 1 nitrogen and oxygen atoms in total. The zero-order valence-corrected chi connectivity index (χ0v) is 9.60. The highest BCUT2D eigenvalue weighted by atomic mass is 16.5. The summed E-state index contributed by atoms with van der Waals surface area (Å²) < 4.78 is 5.32. The second kappa shape index (κ2) is 5.77. The van der Waals surface area contributed by atoms with Crippen molar-refractivity contribution in [2.75, 3.05) is 6.61 Å². The van der Waals surface area contributed by atoms with Gasteiger partial charge in [-0.2, -0.15) is 0 Å². The van der Waals surface area contributed by atoms with Gasteiger partial charge in [0.25, 0.3) is 0 Å². The van der Waals surface area contributed by atoms with Crippen molar-refractivity contribution in [1.29, 1.82) is 0 Å². The van der Waals surface area contributed by atoms with Crippen molar-refractivity contribution in [3.8, 4) is 18.1 Å². The molecule has 84 valence electrons. The Morgan fingerprint density at radius 1 is 0.882 bits per heavy atom. The Morgan fingerprint density at radius 3 is 2.18 bits per heavy atom. The Balaban J connectivity index is 2.01. The molecule has 0 fully saturated rings. The Kier molecular flexibility index (Phi) is 3.83. The van der Waals surface area contributed by atoms with Crippen molar-refractivity contribution in [3.63, 3.8) is 0 Å². The van der Waals surface area contributed by atoms with Crippen LogP contribution in [-0.4, -0.2) is 6.61 Å². The fourth-order valence-electron chi connectivity index (χ4n) is 1.66. The van der Waals surface area contributed by atoms with E-state index in [0.29, 0.717) is 6.61 Å². The van der Waals surface area contributed by atoms with Gasteiger partial charge >= 0.3 is 0 Å². The molecule has 0 N–H and O–H groups in total. The lowest BCUT2D eigenvalue weighted by Crippen LogP contribution is -1.94. The molecule has 17 heavy (non-hydrogen) atoms. The van der Waals surface area contributed by atoms with E-state index in [9.17, 15) is 0 Å². The standard InChI is InChI=1S/C16H14O/c1-2-12-17-16-10-8-15(9-11-16)13-14-6-4-3-5-7-14/h1,3-11H,12-13H2. The van der Waals surface area contributed by atoms with Crippen LogP contribution in [0.1, 0.15) is 11.1 Å². The van der Waals surface area contributed by atoms with E-state index in [4.69, 9.17) is 11.2 Å². The predicted molar refractivity (Wildman–Crippen MR) is 70.0 cm³/mol. The molecule has 2 aromatic carbocycles. The molecule has 2 rings (SSSR count). The van der Waals surface area contributed by atoms with Crippen molar-refractivity contribution in [2.24, 2.45) is 0 Å². The average molecular weight is 222 g/mol. The minimum absolute atomic E-state index is 0.317. The summed E-state index contributed by atoms with van der Waals surface area (Å²) in [7, 11) is 0. The molecule has 2 aromatic rings. The van der Waals surface area contributed by atoms with Gasteiger partial charge in [-0.05, 0) is 29.7 Å². The highest BCUT2D eigenvalue weighted by Crippen LogP contribution is 2.15. The molecule has 1 heteroatoms. The van der Waals surface area contributed by atoms with E-state index in [0.717, 1.165) is 12.2 Å². The van der Waals surface area contributed by atoms with Gasteiger partial charge in [0.1, 0.15) is 12.4 Å². The van der Waals surface area contributed by atoms with Crippen molar-refractivity contribution in [3.05, 3.63) is 65.7 Å². The molecule has 0 aromatic heterocycles. The average Bonchev–Trinajstić information content (AvgIpc) is 2.39. The zero-order valence-electron chi connectivity index (χ0n) is 9.60. The van der Waals surface area contributed by atoms with Crippen LogP contribution in [0.3, 0.4) is 0 Å². The second-order valence-corrected chi connectivity index (χ2v) is 3.80. The molecule has 0 aliphatic heterocycles. The molecule has 0 aliphatic carbocycles. The molecule has 0 heterocycles. The molecule has 0 bridgehead atoms. The number of rotatable bonds is 4. The molecular weight excluding hydrogens is 208 g/mol. The fourth-order valence-corrected chi connectivity index (χ4v) is 1.66. The molecular formula is C16H14O. The van der Waals surface area contributed by atoms with E-state index in [1.807, 2.05) is 18.2 Å². The minimum atomic E-state index is 0.317. The number of hydrogen-bond acceptors (Lipinski definition) is 1. The summed E-state index contributed by atoms with van der Waals surface area (Å²) in [6.45, 7) is 0.317. The van der Waals surface area contributed by atoms with E-state index >= 15 is 0 Å². The summed E-state index contributed by atoms with van der Waals surface area (Å²) in [6, 6.07) is 18.4. The third-order valence-electron chi connectivity index (χ3n) is 2.50. The molecule has 0 amide bonds. The summed E-state index contributed by atoms with van der Waals surface area (Å²) in [5.74, 6) is 3.27. The highest BCUT2D eigenvalue weighted by molar-refractivity contribution is 5.31. The molecule has 0 aliphatic rings. The molecule has 0 spiro atoms. The van der Waals surface area contributed by atoms with E-state index in [1.165, 1.54) is 11.1 Å². The van der Waals surface area contributed by atoms with Gasteiger partial charge in [-0.1, -0.05) is 48.4 Å². The van der Waals surface area contributed by atoms with Crippen molar-refractivity contribution in [1.82, 2.24) is 0 Å². The van der Waals surface area contributed by atoms with Crippen molar-refractivity contribution in [2.45, 2.75) is 6.42 Å². The van der Waals surface area contributed by atoms with Crippen LogP contribution < -0.4 is 4.74 Å². The summed E-state index contributed by atoms with van der Waals surface area (Å²) in [5, 5.41) is 0. The van der Waals surface area contributed by atoms with Gasteiger partial charge < -0.3 is 4.74 Å². The normalized spacial score (nSPS) is 9.59. The lowest BCUT2D eigenvalue weighted by atomic mass is 10.1. The first-order valence-corrected chi connectivity index (χ1v) is 5.57. The van der Waals surface area contributed by atoms with Crippen LogP contribution in [0.5, 0.6) is 5.75 Å². The number of ether oxygens (including phenoxy) is 1. The fraction of sp³-hybridized carbons (Fsp3) is 0.125. The van der Waals surface area contributed by atoms with Crippen LogP contribution >= 0.6 is 0 Å². The van der Waals surface area contributed by atoms with Crippen LogP contribution in [0.15, 0.2) is 54.6 Å². The Bertz CT molecular complexity index is 491. The summed E-state index contributed by atoms with van der Waals surface area (Å²) in [5.41, 5.74) is 2.58. The number of terminal acetylenes is 1. The molecule has 0 saturated heterocycles. The van der Waals surface area contributed by atoms with Crippen molar-refractivity contribution < 1.29 is 4.74 Å². The van der Waals surface area contributed by atoms with Gasteiger partial charge in [0.15, 0.2) is 0 Å². The molecule has 0 radical (unpaired) electrons. The Hall–Kier alpha value is -2.20. The van der Waals surface area contributed by atoms with Crippen LogP contribution in [-0.2, 0) is 6.42 Å². The van der Waals surface area contributed by atoms with Crippen LogP contribution in [0.25, 0.3) is 0 Å². The molecule has 0 unspecified atom stereocenters. The zero-order chi connectivity index (χ0) is 11.9. The Morgan fingerprint density at radius 2 is 1.53 bits per heavy atom. The van der Waals surface area contributed by atoms with Crippen LogP contribution in [0.2, 0.25) is 0 Å². The van der Waals surface area contributed by atoms with E-state index < -0.39 is 0 Å². The summed E-state index contributed by atoms with van der Waals surface area (Å²) in [6.07, 6.45) is 6.07. The summed E-state index contributed by atoms with van der Waals surface area (Å²) >= 11 is 0. The van der Waals surface area contributed by atoms with Gasteiger partial charge in [0.05, 0.1) is 0 Å². The second-order valence-electron chi connectivity index (χ2n) is 3.80. The number of hydrogen-bond donors (Lipinski definition) is 0.